The van der Waals surface area contributed by atoms with E-state index < -0.39 is 0 Å². The Morgan fingerprint density at radius 1 is 1.24 bits per heavy atom. The summed E-state index contributed by atoms with van der Waals surface area (Å²) in [6, 6.07) is 9.09. The maximum Gasteiger partial charge on any atom is 0.279 e. The van der Waals surface area contributed by atoms with Gasteiger partial charge in [0.25, 0.3) is 5.91 Å². The summed E-state index contributed by atoms with van der Waals surface area (Å²) in [5.74, 6) is 2.26. The van der Waals surface area contributed by atoms with E-state index in [1.54, 1.807) is 16.7 Å². The molecule has 25 heavy (non-hydrogen) atoms. The van der Waals surface area contributed by atoms with E-state index in [-0.39, 0.29) is 12.5 Å². The Hall–Kier alpha value is -2.06. The van der Waals surface area contributed by atoms with Gasteiger partial charge in [0.05, 0.1) is 26.8 Å². The summed E-state index contributed by atoms with van der Waals surface area (Å²) < 4.78 is 2.61. The van der Waals surface area contributed by atoms with Crippen LogP contribution in [-0.2, 0) is 6.54 Å². The molecule has 2 aromatic carbocycles. The Kier molecular flexibility index (Phi) is 5.01. The van der Waals surface area contributed by atoms with Gasteiger partial charge < -0.3 is 4.57 Å². The van der Waals surface area contributed by atoms with Crippen LogP contribution in [0.15, 0.2) is 35.3 Å². The molecule has 0 atom stereocenters. The third kappa shape index (κ3) is 3.36. The van der Waals surface area contributed by atoms with E-state index in [2.05, 4.69) is 10.9 Å². The minimum absolute atomic E-state index is 0.249. The Balaban J connectivity index is 2.20. The number of aromatic nitrogens is 1. The second-order valence-electron chi connectivity index (χ2n) is 5.60. The zero-order chi connectivity index (χ0) is 18.1. The molecule has 0 aliphatic carbocycles. The summed E-state index contributed by atoms with van der Waals surface area (Å²) >= 11 is 13.8. The van der Waals surface area contributed by atoms with Gasteiger partial charge in [-0.3, -0.25) is 4.79 Å². The highest BCUT2D eigenvalue weighted by Gasteiger charge is 2.13. The summed E-state index contributed by atoms with van der Waals surface area (Å²) in [5, 5.41) is 0.843. The van der Waals surface area contributed by atoms with Crippen LogP contribution in [-0.4, -0.2) is 10.5 Å². The van der Waals surface area contributed by atoms with Crippen LogP contribution < -0.4 is 4.80 Å². The van der Waals surface area contributed by atoms with Gasteiger partial charge in [-0.2, -0.15) is 4.99 Å². The molecule has 3 aromatic rings. The monoisotopic (exact) mass is 388 g/mol. The highest BCUT2D eigenvalue weighted by Crippen LogP contribution is 2.32. The van der Waals surface area contributed by atoms with E-state index >= 15 is 0 Å². The average molecular weight is 389 g/mol. The molecular formula is C19H14Cl2N2OS. The van der Waals surface area contributed by atoms with Gasteiger partial charge in [-0.25, -0.2) is 0 Å². The lowest BCUT2D eigenvalue weighted by Gasteiger charge is -2.04. The molecule has 0 spiro atoms. The second kappa shape index (κ2) is 7.05. The molecule has 3 nitrogen and oxygen atoms in total. The smallest absolute Gasteiger partial charge is 0.279 e. The lowest BCUT2D eigenvalue weighted by atomic mass is 10.1. The molecule has 1 aromatic heterocycles. The number of rotatable bonds is 2. The van der Waals surface area contributed by atoms with Crippen LogP contribution in [0.3, 0.4) is 0 Å². The van der Waals surface area contributed by atoms with E-state index in [0.29, 0.717) is 25.9 Å². The fourth-order valence-corrected chi connectivity index (χ4v) is 3.96. The molecule has 1 amide bonds. The van der Waals surface area contributed by atoms with Crippen molar-refractivity contribution in [2.45, 2.75) is 20.4 Å². The van der Waals surface area contributed by atoms with Gasteiger partial charge in [0, 0.05) is 5.56 Å². The van der Waals surface area contributed by atoms with E-state index in [1.165, 1.54) is 11.3 Å². The zero-order valence-electron chi connectivity index (χ0n) is 13.6. The first-order valence-electron chi connectivity index (χ1n) is 7.49. The summed E-state index contributed by atoms with van der Waals surface area (Å²) in [5.41, 5.74) is 3.41. The SMILES string of the molecule is C#CCn1c(=NC(=O)c2ccc(C)c(C)c2)sc2ccc(Cl)c(Cl)c21. The Bertz CT molecular complexity index is 1100. The maximum absolute atomic E-state index is 12.6. The molecule has 0 saturated heterocycles. The number of hydrogen-bond donors (Lipinski definition) is 0. The number of thiazole rings is 1. The molecule has 0 bridgehead atoms. The fraction of sp³-hybridized carbons (Fsp3) is 0.158. The second-order valence-corrected chi connectivity index (χ2v) is 7.39. The maximum atomic E-state index is 12.6. The first-order valence-corrected chi connectivity index (χ1v) is 9.06. The van der Waals surface area contributed by atoms with Gasteiger partial charge >= 0.3 is 0 Å². The summed E-state index contributed by atoms with van der Waals surface area (Å²) in [6.45, 7) is 4.21. The van der Waals surface area contributed by atoms with Crippen molar-refractivity contribution < 1.29 is 4.79 Å². The molecule has 0 fully saturated rings. The van der Waals surface area contributed by atoms with Crippen LogP contribution >= 0.6 is 34.5 Å². The van der Waals surface area contributed by atoms with Crippen molar-refractivity contribution in [2.75, 3.05) is 0 Å². The molecular weight excluding hydrogens is 375 g/mol. The lowest BCUT2D eigenvalue weighted by Crippen LogP contribution is -2.16. The number of carbonyl (C=O) groups is 1. The molecule has 0 radical (unpaired) electrons. The van der Waals surface area contributed by atoms with Crippen LogP contribution in [0.2, 0.25) is 10.0 Å². The Labute approximate surface area is 159 Å². The van der Waals surface area contributed by atoms with Crippen molar-refractivity contribution in [2.24, 2.45) is 4.99 Å². The van der Waals surface area contributed by atoms with E-state index in [4.69, 9.17) is 29.6 Å². The van der Waals surface area contributed by atoms with Gasteiger partial charge in [-0.15, -0.1) is 6.42 Å². The van der Waals surface area contributed by atoms with E-state index in [0.717, 1.165) is 15.8 Å². The fourth-order valence-electron chi connectivity index (χ4n) is 2.45. The summed E-state index contributed by atoms with van der Waals surface area (Å²) in [4.78, 5) is 17.4. The quantitative estimate of drug-likeness (QED) is 0.568. The zero-order valence-corrected chi connectivity index (χ0v) is 16.0. The van der Waals surface area contributed by atoms with Crippen molar-refractivity contribution in [1.82, 2.24) is 4.57 Å². The normalized spacial score (nSPS) is 11.7. The number of nitrogens with zero attached hydrogens (tertiary/aromatic N) is 2. The Morgan fingerprint density at radius 2 is 2.00 bits per heavy atom. The molecule has 0 aliphatic rings. The number of benzene rings is 2. The van der Waals surface area contributed by atoms with Crippen molar-refractivity contribution in [1.29, 1.82) is 0 Å². The first-order chi connectivity index (χ1) is 11.9. The predicted octanol–water partition coefficient (Wildman–Crippen LogP) is 5.00. The van der Waals surface area contributed by atoms with Crippen LogP contribution in [0.4, 0.5) is 0 Å². The third-order valence-corrected chi connectivity index (χ3v) is 5.77. The predicted molar refractivity (Wildman–Crippen MR) is 104 cm³/mol. The van der Waals surface area contributed by atoms with Gasteiger partial charge in [0.15, 0.2) is 4.80 Å². The number of amides is 1. The van der Waals surface area contributed by atoms with Crippen molar-refractivity contribution >= 4 is 50.7 Å². The topological polar surface area (TPSA) is 34.4 Å². The minimum atomic E-state index is -0.317. The van der Waals surface area contributed by atoms with Crippen molar-refractivity contribution in [3.05, 3.63) is 61.9 Å². The van der Waals surface area contributed by atoms with Gasteiger partial charge in [0.1, 0.15) is 0 Å². The van der Waals surface area contributed by atoms with Crippen molar-refractivity contribution in [3.63, 3.8) is 0 Å². The number of halogens is 2. The molecule has 0 saturated carbocycles. The third-order valence-electron chi connectivity index (χ3n) is 3.93. The molecule has 3 rings (SSSR count). The highest BCUT2D eigenvalue weighted by atomic mass is 35.5. The number of carbonyl (C=O) groups excluding carboxylic acids is 1. The number of hydrogen-bond acceptors (Lipinski definition) is 2. The molecule has 6 heteroatoms. The van der Waals surface area contributed by atoms with Crippen LogP contribution in [0.25, 0.3) is 10.2 Å². The van der Waals surface area contributed by atoms with E-state index in [9.17, 15) is 4.79 Å². The number of fused-ring (bicyclic) bond motifs is 1. The van der Waals surface area contributed by atoms with Crippen LogP contribution in [0.5, 0.6) is 0 Å². The molecule has 0 unspecified atom stereocenters. The van der Waals surface area contributed by atoms with Gasteiger partial charge in [-0.1, -0.05) is 46.5 Å². The lowest BCUT2D eigenvalue weighted by molar-refractivity contribution is 0.0998. The van der Waals surface area contributed by atoms with Gasteiger partial charge in [-0.05, 0) is 49.2 Å². The van der Waals surface area contributed by atoms with E-state index in [1.807, 2.05) is 32.0 Å². The largest absolute Gasteiger partial charge is 0.303 e. The van der Waals surface area contributed by atoms with Crippen molar-refractivity contribution in [3.8, 4) is 12.3 Å². The number of terminal acetylenes is 1. The highest BCUT2D eigenvalue weighted by molar-refractivity contribution is 7.16. The molecule has 0 aliphatic heterocycles. The summed E-state index contributed by atoms with van der Waals surface area (Å²) in [7, 11) is 0. The average Bonchev–Trinajstić information content (AvgIpc) is 2.92. The standard InChI is InChI=1S/C19H14Cl2N2OS/c1-4-9-23-17-15(8-7-14(20)16(17)21)25-19(23)22-18(24)13-6-5-11(2)12(3)10-13/h1,5-8,10H,9H2,2-3H3. The Morgan fingerprint density at radius 3 is 2.68 bits per heavy atom. The number of aryl methyl sites for hydroxylation is 2. The summed E-state index contributed by atoms with van der Waals surface area (Å²) in [6.07, 6.45) is 5.48. The molecule has 0 N–H and O–H groups in total. The molecule has 1 heterocycles. The molecule has 126 valence electrons. The first kappa shape index (κ1) is 17.8. The van der Waals surface area contributed by atoms with Gasteiger partial charge in [0.2, 0.25) is 0 Å². The van der Waals surface area contributed by atoms with Crippen LogP contribution in [0, 0.1) is 26.2 Å². The van der Waals surface area contributed by atoms with Crippen LogP contribution in [0.1, 0.15) is 21.5 Å². The minimum Gasteiger partial charge on any atom is -0.303 e.